The van der Waals surface area contributed by atoms with E-state index in [0.29, 0.717) is 17.6 Å². The Bertz CT molecular complexity index is 1030. The van der Waals surface area contributed by atoms with Gasteiger partial charge in [-0.1, -0.05) is 83.3 Å². The predicted molar refractivity (Wildman–Crippen MR) is 122 cm³/mol. The summed E-state index contributed by atoms with van der Waals surface area (Å²) in [5, 5.41) is 21.0. The summed E-state index contributed by atoms with van der Waals surface area (Å²) in [6.45, 7) is 6.61. The summed E-state index contributed by atoms with van der Waals surface area (Å²) in [5.41, 5.74) is 3.56. The Kier molecular flexibility index (Phi) is 5.92. The Morgan fingerprint density at radius 3 is 2.48 bits per heavy atom. The van der Waals surface area contributed by atoms with Gasteiger partial charge in [0.2, 0.25) is 11.1 Å². The van der Waals surface area contributed by atoms with Crippen molar-refractivity contribution >= 4 is 39.2 Å². The third kappa shape index (κ3) is 4.83. The largest absolute Gasteiger partial charge is 0.299 e. The molecule has 0 radical (unpaired) electrons. The molecule has 0 fully saturated rings. The average molecular weight is 423 g/mol. The molecule has 3 aromatic rings. The van der Waals surface area contributed by atoms with Gasteiger partial charge in [-0.2, -0.15) is 5.10 Å². The number of aryl methyl sites for hydroxylation is 2. The van der Waals surface area contributed by atoms with Crippen LogP contribution in [0.15, 0.2) is 64.7 Å². The Labute approximate surface area is 178 Å². The minimum atomic E-state index is 0.0200. The minimum absolute atomic E-state index is 0.0200. The van der Waals surface area contributed by atoms with Gasteiger partial charge in [-0.05, 0) is 31.9 Å². The normalized spacial score (nSPS) is 16.8. The van der Waals surface area contributed by atoms with Crippen molar-refractivity contribution in [3.63, 3.8) is 0 Å². The van der Waals surface area contributed by atoms with E-state index in [1.54, 1.807) is 11.8 Å². The number of hydrogen-bond acceptors (Lipinski definition) is 6. The SMILES string of the molecule is CC1=NN(C(=NCc2ccccc2)Nc2nnc(C)s2)C(c2ccc(C)cc2)S1. The first-order valence-corrected chi connectivity index (χ1v) is 11.0. The van der Waals surface area contributed by atoms with Gasteiger partial charge in [-0.15, -0.1) is 10.2 Å². The number of rotatable bonds is 4. The first-order chi connectivity index (χ1) is 14.1. The minimum Gasteiger partial charge on any atom is -0.299 e. The second-order valence-electron chi connectivity index (χ2n) is 6.72. The summed E-state index contributed by atoms with van der Waals surface area (Å²) in [6, 6.07) is 18.8. The lowest BCUT2D eigenvalue weighted by Gasteiger charge is -2.24. The van der Waals surface area contributed by atoms with E-state index in [1.165, 1.54) is 22.5 Å². The van der Waals surface area contributed by atoms with E-state index in [2.05, 4.69) is 58.8 Å². The molecule has 1 N–H and O–H groups in total. The number of thioether (sulfide) groups is 1. The van der Waals surface area contributed by atoms with Gasteiger partial charge < -0.3 is 0 Å². The van der Waals surface area contributed by atoms with Gasteiger partial charge in [0.25, 0.3) is 0 Å². The molecule has 0 amide bonds. The molecular weight excluding hydrogens is 400 g/mol. The number of aliphatic imine (C=N–C) groups is 1. The monoisotopic (exact) mass is 422 g/mol. The number of nitrogens with zero attached hydrogens (tertiary/aromatic N) is 5. The van der Waals surface area contributed by atoms with Gasteiger partial charge >= 0.3 is 0 Å². The maximum atomic E-state index is 4.86. The Balaban J connectivity index is 1.66. The molecule has 1 aliphatic rings. The zero-order valence-corrected chi connectivity index (χ0v) is 18.2. The van der Waals surface area contributed by atoms with E-state index >= 15 is 0 Å². The predicted octanol–water partition coefficient (Wildman–Crippen LogP) is 5.20. The van der Waals surface area contributed by atoms with E-state index in [9.17, 15) is 0 Å². The van der Waals surface area contributed by atoms with Gasteiger partial charge in [0, 0.05) is 0 Å². The fourth-order valence-electron chi connectivity index (χ4n) is 2.90. The zero-order valence-electron chi connectivity index (χ0n) is 16.5. The van der Waals surface area contributed by atoms with Crippen molar-refractivity contribution in [2.45, 2.75) is 32.7 Å². The van der Waals surface area contributed by atoms with E-state index in [-0.39, 0.29) is 5.37 Å². The van der Waals surface area contributed by atoms with Gasteiger partial charge in [-0.25, -0.2) is 10.0 Å². The van der Waals surface area contributed by atoms with Crippen molar-refractivity contribution in [2.24, 2.45) is 10.1 Å². The highest BCUT2D eigenvalue weighted by molar-refractivity contribution is 8.14. The summed E-state index contributed by atoms with van der Waals surface area (Å²) < 4.78 is 0. The molecule has 29 heavy (non-hydrogen) atoms. The van der Waals surface area contributed by atoms with E-state index in [4.69, 9.17) is 10.1 Å². The zero-order chi connectivity index (χ0) is 20.2. The Morgan fingerprint density at radius 2 is 1.79 bits per heavy atom. The lowest BCUT2D eigenvalue weighted by Crippen LogP contribution is -2.32. The van der Waals surface area contributed by atoms with Gasteiger partial charge in [0.1, 0.15) is 10.4 Å². The van der Waals surface area contributed by atoms with Gasteiger partial charge in [0.05, 0.1) is 11.6 Å². The van der Waals surface area contributed by atoms with Crippen LogP contribution < -0.4 is 5.32 Å². The molecular formula is C21H22N6S2. The van der Waals surface area contributed by atoms with Crippen molar-refractivity contribution < 1.29 is 0 Å². The Hall–Kier alpha value is -2.71. The third-order valence-electron chi connectivity index (χ3n) is 4.33. The fraction of sp³-hybridized carbons (Fsp3) is 0.238. The van der Waals surface area contributed by atoms with Gasteiger partial charge in [0.15, 0.2) is 0 Å². The fourth-order valence-corrected chi connectivity index (χ4v) is 4.48. The summed E-state index contributed by atoms with van der Waals surface area (Å²) in [5.74, 6) is 0.667. The van der Waals surface area contributed by atoms with E-state index in [0.717, 1.165) is 15.6 Å². The molecule has 1 aromatic heterocycles. The summed E-state index contributed by atoms with van der Waals surface area (Å²) in [7, 11) is 0. The lowest BCUT2D eigenvalue weighted by molar-refractivity contribution is 0.435. The molecule has 2 heterocycles. The molecule has 1 aliphatic heterocycles. The summed E-state index contributed by atoms with van der Waals surface area (Å²) in [6.07, 6.45) is 0. The summed E-state index contributed by atoms with van der Waals surface area (Å²) >= 11 is 3.22. The maximum absolute atomic E-state index is 4.86. The van der Waals surface area contributed by atoms with E-state index in [1.807, 2.05) is 37.1 Å². The van der Waals surface area contributed by atoms with Crippen LogP contribution in [-0.2, 0) is 6.54 Å². The molecule has 2 aromatic carbocycles. The molecule has 0 aliphatic carbocycles. The standard InChI is InChI=1S/C21H22N6S2/c1-14-9-11-18(12-10-14)19-27(26-16(3)28-19)20(23-21-25-24-15(2)29-21)22-13-17-7-5-4-6-8-17/h4-12,19H,13H2,1-3H3,(H,22,23,25). The first kappa shape index (κ1) is 19.6. The van der Waals surface area contributed by atoms with Crippen molar-refractivity contribution in [1.29, 1.82) is 0 Å². The number of hydrogen-bond donors (Lipinski definition) is 1. The number of anilines is 1. The molecule has 0 bridgehead atoms. The molecule has 8 heteroatoms. The van der Waals surface area contributed by atoms with Gasteiger partial charge in [-0.3, -0.25) is 5.32 Å². The van der Waals surface area contributed by atoms with Crippen molar-refractivity contribution in [2.75, 3.05) is 5.32 Å². The first-order valence-electron chi connectivity index (χ1n) is 9.31. The van der Waals surface area contributed by atoms with Crippen LogP contribution >= 0.6 is 23.1 Å². The number of guanidine groups is 1. The topological polar surface area (TPSA) is 65.8 Å². The van der Waals surface area contributed by atoms with Crippen LogP contribution in [-0.4, -0.2) is 26.2 Å². The molecule has 1 atom stereocenters. The molecule has 6 nitrogen and oxygen atoms in total. The highest BCUT2D eigenvalue weighted by Crippen LogP contribution is 2.39. The van der Waals surface area contributed by atoms with Crippen molar-refractivity contribution in [3.05, 3.63) is 76.3 Å². The average Bonchev–Trinajstić information content (AvgIpc) is 3.31. The van der Waals surface area contributed by atoms with E-state index < -0.39 is 0 Å². The second kappa shape index (κ2) is 8.75. The van der Waals surface area contributed by atoms with Crippen LogP contribution in [0.5, 0.6) is 0 Å². The van der Waals surface area contributed by atoms with Crippen LogP contribution in [0.3, 0.4) is 0 Å². The van der Waals surface area contributed by atoms with Crippen LogP contribution in [0.25, 0.3) is 0 Å². The molecule has 1 unspecified atom stereocenters. The number of aromatic nitrogens is 2. The number of nitrogens with one attached hydrogen (secondary N) is 1. The smallest absolute Gasteiger partial charge is 0.222 e. The molecule has 0 spiro atoms. The van der Waals surface area contributed by atoms with Crippen LogP contribution in [0, 0.1) is 13.8 Å². The van der Waals surface area contributed by atoms with Crippen LogP contribution in [0.1, 0.15) is 34.0 Å². The summed E-state index contributed by atoms with van der Waals surface area (Å²) in [4.78, 5) is 4.86. The lowest BCUT2D eigenvalue weighted by atomic mass is 10.1. The Morgan fingerprint density at radius 1 is 1.03 bits per heavy atom. The molecule has 148 valence electrons. The maximum Gasteiger partial charge on any atom is 0.222 e. The van der Waals surface area contributed by atoms with Crippen molar-refractivity contribution in [3.8, 4) is 0 Å². The number of benzene rings is 2. The molecule has 0 saturated heterocycles. The van der Waals surface area contributed by atoms with Crippen LogP contribution in [0.4, 0.5) is 5.13 Å². The number of hydrazone groups is 1. The molecule has 0 saturated carbocycles. The highest BCUT2D eigenvalue weighted by atomic mass is 32.2. The van der Waals surface area contributed by atoms with Crippen molar-refractivity contribution in [1.82, 2.24) is 15.2 Å². The second-order valence-corrected chi connectivity index (χ2v) is 9.18. The van der Waals surface area contributed by atoms with Crippen LogP contribution in [0.2, 0.25) is 0 Å². The highest BCUT2D eigenvalue weighted by Gasteiger charge is 2.31. The molecule has 4 rings (SSSR count). The quantitative estimate of drug-likeness (QED) is 0.462. The third-order valence-corrected chi connectivity index (χ3v) is 6.20.